The molecule has 1 rings (SSSR count). The van der Waals surface area contributed by atoms with Crippen LogP contribution in [0.15, 0.2) is 18.2 Å². The van der Waals surface area contributed by atoms with Gasteiger partial charge in [-0.25, -0.2) is 0 Å². The number of ether oxygens (including phenoxy) is 1. The molecule has 0 aliphatic carbocycles. The Labute approximate surface area is 123 Å². The summed E-state index contributed by atoms with van der Waals surface area (Å²) < 4.78 is 5.79. The molecule has 112 valence electrons. The van der Waals surface area contributed by atoms with E-state index in [0.717, 1.165) is 18.6 Å². The Morgan fingerprint density at radius 1 is 1.35 bits per heavy atom. The van der Waals surface area contributed by atoms with E-state index in [4.69, 9.17) is 15.9 Å². The highest BCUT2D eigenvalue weighted by Gasteiger charge is 2.20. The largest absolute Gasteiger partial charge is 0.494 e. The molecule has 3 heteroatoms. The van der Waals surface area contributed by atoms with Crippen molar-refractivity contribution in [2.45, 2.75) is 53.4 Å². The molecule has 0 amide bonds. The van der Waals surface area contributed by atoms with Crippen molar-refractivity contribution in [1.29, 1.82) is 5.41 Å². The molecule has 0 saturated carbocycles. The lowest BCUT2D eigenvalue weighted by atomic mass is 9.87. The summed E-state index contributed by atoms with van der Waals surface area (Å²) in [5.41, 5.74) is 7.99. The SMILES string of the molecule is Cc1cc(OCCCC(C)(C)C(=N)N)ccc1C(C)C. The third-order valence-electron chi connectivity index (χ3n) is 3.81. The fourth-order valence-corrected chi connectivity index (χ4v) is 2.22. The Kier molecular flexibility index (Phi) is 5.61. The summed E-state index contributed by atoms with van der Waals surface area (Å²) >= 11 is 0. The van der Waals surface area contributed by atoms with Crippen LogP contribution in [0.5, 0.6) is 5.75 Å². The van der Waals surface area contributed by atoms with Gasteiger partial charge >= 0.3 is 0 Å². The average Bonchev–Trinajstić information content (AvgIpc) is 2.34. The van der Waals surface area contributed by atoms with Crippen LogP contribution in [0.4, 0.5) is 0 Å². The first-order valence-electron chi connectivity index (χ1n) is 7.32. The van der Waals surface area contributed by atoms with Gasteiger partial charge < -0.3 is 10.5 Å². The van der Waals surface area contributed by atoms with E-state index in [2.05, 4.69) is 32.9 Å². The van der Waals surface area contributed by atoms with E-state index in [1.807, 2.05) is 19.9 Å². The van der Waals surface area contributed by atoms with Crippen molar-refractivity contribution in [2.75, 3.05) is 6.61 Å². The molecule has 1 aromatic rings. The average molecular weight is 276 g/mol. The number of hydrogen-bond donors (Lipinski definition) is 2. The fourth-order valence-electron chi connectivity index (χ4n) is 2.22. The molecule has 0 saturated heterocycles. The van der Waals surface area contributed by atoms with Gasteiger partial charge in [-0.05, 0) is 48.9 Å². The van der Waals surface area contributed by atoms with Crippen LogP contribution in [0.2, 0.25) is 0 Å². The van der Waals surface area contributed by atoms with Crippen LogP contribution in [0.25, 0.3) is 0 Å². The summed E-state index contributed by atoms with van der Waals surface area (Å²) in [6.45, 7) is 11.2. The summed E-state index contributed by atoms with van der Waals surface area (Å²) in [5.74, 6) is 1.71. The molecule has 0 bridgehead atoms. The van der Waals surface area contributed by atoms with Gasteiger partial charge in [0.05, 0.1) is 12.4 Å². The van der Waals surface area contributed by atoms with Gasteiger partial charge in [0.1, 0.15) is 5.75 Å². The molecule has 0 fully saturated rings. The molecular formula is C17H28N2O. The van der Waals surface area contributed by atoms with Gasteiger partial charge in [0, 0.05) is 5.41 Å². The van der Waals surface area contributed by atoms with Crippen LogP contribution in [-0.2, 0) is 0 Å². The molecule has 0 unspecified atom stereocenters. The monoisotopic (exact) mass is 276 g/mol. The molecule has 1 aromatic carbocycles. The number of aryl methyl sites for hydroxylation is 1. The molecule has 0 spiro atoms. The lowest BCUT2D eigenvalue weighted by Crippen LogP contribution is -2.31. The number of rotatable bonds is 7. The summed E-state index contributed by atoms with van der Waals surface area (Å²) in [4.78, 5) is 0. The smallest absolute Gasteiger partial charge is 0.119 e. The van der Waals surface area contributed by atoms with Crippen LogP contribution >= 0.6 is 0 Å². The maximum atomic E-state index is 7.53. The van der Waals surface area contributed by atoms with E-state index in [-0.39, 0.29) is 11.3 Å². The van der Waals surface area contributed by atoms with Crippen LogP contribution in [0.3, 0.4) is 0 Å². The van der Waals surface area contributed by atoms with Gasteiger partial charge in [-0.1, -0.05) is 33.8 Å². The van der Waals surface area contributed by atoms with Gasteiger partial charge in [0.15, 0.2) is 0 Å². The normalized spacial score (nSPS) is 11.7. The van der Waals surface area contributed by atoms with E-state index in [1.54, 1.807) is 0 Å². The zero-order valence-electron chi connectivity index (χ0n) is 13.4. The standard InChI is InChI=1S/C17H28N2O/c1-12(2)15-8-7-14(11-13(15)3)20-10-6-9-17(4,5)16(18)19/h7-8,11-12H,6,9-10H2,1-5H3,(H3,18,19). The van der Waals surface area contributed by atoms with E-state index in [1.165, 1.54) is 11.1 Å². The molecule has 0 aromatic heterocycles. The van der Waals surface area contributed by atoms with Crippen LogP contribution in [0, 0.1) is 17.7 Å². The summed E-state index contributed by atoms with van der Waals surface area (Å²) in [6, 6.07) is 6.29. The minimum Gasteiger partial charge on any atom is -0.494 e. The lowest BCUT2D eigenvalue weighted by Gasteiger charge is -2.22. The first kappa shape index (κ1) is 16.5. The van der Waals surface area contributed by atoms with Gasteiger partial charge in [-0.3, -0.25) is 5.41 Å². The topological polar surface area (TPSA) is 59.1 Å². The molecule has 0 atom stereocenters. The third-order valence-corrected chi connectivity index (χ3v) is 3.81. The Balaban J connectivity index is 2.47. The van der Waals surface area contributed by atoms with Crippen molar-refractivity contribution in [1.82, 2.24) is 0 Å². The molecule has 3 N–H and O–H groups in total. The molecular weight excluding hydrogens is 248 g/mol. The van der Waals surface area contributed by atoms with Crippen LogP contribution in [0.1, 0.15) is 57.6 Å². The fraction of sp³-hybridized carbons (Fsp3) is 0.588. The molecule has 3 nitrogen and oxygen atoms in total. The number of nitrogens with two attached hydrogens (primary N) is 1. The molecule has 20 heavy (non-hydrogen) atoms. The minimum atomic E-state index is -0.235. The molecule has 0 radical (unpaired) electrons. The van der Waals surface area contributed by atoms with Crippen molar-refractivity contribution in [3.05, 3.63) is 29.3 Å². The van der Waals surface area contributed by atoms with Crippen LogP contribution in [-0.4, -0.2) is 12.4 Å². The molecule has 0 heterocycles. The summed E-state index contributed by atoms with van der Waals surface area (Å²) in [7, 11) is 0. The highest BCUT2D eigenvalue weighted by molar-refractivity contribution is 5.82. The van der Waals surface area contributed by atoms with Crippen molar-refractivity contribution in [2.24, 2.45) is 11.1 Å². The Bertz CT molecular complexity index is 464. The predicted molar refractivity (Wildman–Crippen MR) is 85.7 cm³/mol. The second-order valence-electron chi connectivity index (χ2n) is 6.42. The van der Waals surface area contributed by atoms with Crippen molar-refractivity contribution >= 4 is 5.84 Å². The second-order valence-corrected chi connectivity index (χ2v) is 6.42. The maximum absolute atomic E-state index is 7.53. The number of benzene rings is 1. The first-order valence-corrected chi connectivity index (χ1v) is 7.32. The van der Waals surface area contributed by atoms with Crippen molar-refractivity contribution in [3.63, 3.8) is 0 Å². The maximum Gasteiger partial charge on any atom is 0.119 e. The van der Waals surface area contributed by atoms with Crippen LogP contribution < -0.4 is 10.5 Å². The van der Waals surface area contributed by atoms with Crippen molar-refractivity contribution in [3.8, 4) is 5.75 Å². The van der Waals surface area contributed by atoms with E-state index < -0.39 is 0 Å². The summed E-state index contributed by atoms with van der Waals surface area (Å²) in [5, 5.41) is 7.53. The van der Waals surface area contributed by atoms with Gasteiger partial charge in [-0.2, -0.15) is 0 Å². The number of nitrogens with one attached hydrogen (secondary N) is 1. The summed E-state index contributed by atoms with van der Waals surface area (Å²) in [6.07, 6.45) is 1.77. The van der Waals surface area contributed by atoms with E-state index in [9.17, 15) is 0 Å². The van der Waals surface area contributed by atoms with Gasteiger partial charge in [0.2, 0.25) is 0 Å². The molecule has 0 aliphatic heterocycles. The highest BCUT2D eigenvalue weighted by atomic mass is 16.5. The minimum absolute atomic E-state index is 0.235. The second kappa shape index (κ2) is 6.78. The number of hydrogen-bond acceptors (Lipinski definition) is 2. The predicted octanol–water partition coefficient (Wildman–Crippen LogP) is 4.24. The lowest BCUT2D eigenvalue weighted by molar-refractivity contribution is 0.286. The van der Waals surface area contributed by atoms with Gasteiger partial charge in [-0.15, -0.1) is 0 Å². The van der Waals surface area contributed by atoms with E-state index in [0.29, 0.717) is 12.5 Å². The van der Waals surface area contributed by atoms with Crippen molar-refractivity contribution < 1.29 is 4.74 Å². The molecule has 0 aliphatic rings. The number of amidine groups is 1. The zero-order valence-corrected chi connectivity index (χ0v) is 13.4. The quantitative estimate of drug-likeness (QED) is 0.444. The zero-order chi connectivity index (χ0) is 15.3. The highest BCUT2D eigenvalue weighted by Crippen LogP contribution is 2.25. The Hall–Kier alpha value is -1.51. The Morgan fingerprint density at radius 2 is 2.00 bits per heavy atom. The Morgan fingerprint density at radius 3 is 2.50 bits per heavy atom. The first-order chi connectivity index (χ1) is 9.24. The van der Waals surface area contributed by atoms with E-state index >= 15 is 0 Å². The van der Waals surface area contributed by atoms with Gasteiger partial charge in [0.25, 0.3) is 0 Å². The third kappa shape index (κ3) is 4.55.